The van der Waals surface area contributed by atoms with Crippen LogP contribution in [0.3, 0.4) is 0 Å². The van der Waals surface area contributed by atoms with Crippen molar-refractivity contribution in [2.24, 2.45) is 0 Å². The van der Waals surface area contributed by atoms with E-state index in [1.807, 2.05) is 18.3 Å². The van der Waals surface area contributed by atoms with Crippen LogP contribution in [0.5, 0.6) is 0 Å². The summed E-state index contributed by atoms with van der Waals surface area (Å²) in [5.41, 5.74) is 1.95. The number of aromatic amines is 1. The fraction of sp³-hybridized carbons (Fsp3) is 0.286. The number of rotatable bonds is 4. The Kier molecular flexibility index (Phi) is 3.48. The van der Waals surface area contributed by atoms with Gasteiger partial charge in [0.2, 0.25) is 0 Å². The Hall–Kier alpha value is -1.46. The Morgan fingerprint density at radius 3 is 3.05 bits per heavy atom. The molecule has 0 aliphatic rings. The molecule has 0 spiro atoms. The van der Waals surface area contributed by atoms with Gasteiger partial charge < -0.3 is 4.98 Å². The van der Waals surface area contributed by atoms with Gasteiger partial charge in [-0.3, -0.25) is 4.57 Å². The highest BCUT2D eigenvalue weighted by Gasteiger charge is 2.18. The van der Waals surface area contributed by atoms with Crippen LogP contribution >= 0.6 is 23.6 Å². The molecule has 19 heavy (non-hydrogen) atoms. The standard InChI is InChI=1S/C14H15N3S2/c1-2-5-11(12-7-4-9-19-12)17-13-10(16-14(17)18)6-3-8-15-13/h3-4,6-9,11H,2,5H2,1H3,(H,16,18). The molecule has 3 aromatic rings. The van der Waals surface area contributed by atoms with Crippen molar-refractivity contribution >= 4 is 34.7 Å². The molecule has 0 radical (unpaired) electrons. The topological polar surface area (TPSA) is 33.6 Å². The summed E-state index contributed by atoms with van der Waals surface area (Å²) in [6, 6.07) is 8.49. The Morgan fingerprint density at radius 2 is 2.32 bits per heavy atom. The molecule has 0 saturated carbocycles. The van der Waals surface area contributed by atoms with Gasteiger partial charge in [0.25, 0.3) is 0 Å². The molecule has 0 bridgehead atoms. The van der Waals surface area contributed by atoms with E-state index in [2.05, 4.69) is 39.0 Å². The highest BCUT2D eigenvalue weighted by Crippen LogP contribution is 2.30. The van der Waals surface area contributed by atoms with Crippen molar-refractivity contribution in [3.8, 4) is 0 Å². The fourth-order valence-electron chi connectivity index (χ4n) is 2.40. The van der Waals surface area contributed by atoms with Crippen molar-refractivity contribution in [2.45, 2.75) is 25.8 Å². The second kappa shape index (κ2) is 5.27. The predicted molar refractivity (Wildman–Crippen MR) is 82.3 cm³/mol. The first kappa shape index (κ1) is 12.6. The van der Waals surface area contributed by atoms with Gasteiger partial charge in [-0.1, -0.05) is 19.4 Å². The van der Waals surface area contributed by atoms with Crippen molar-refractivity contribution in [1.29, 1.82) is 0 Å². The van der Waals surface area contributed by atoms with Gasteiger partial charge in [0.05, 0.1) is 11.6 Å². The molecule has 0 amide bonds. The number of hydrogen-bond donors (Lipinski definition) is 1. The molecule has 1 unspecified atom stereocenters. The minimum absolute atomic E-state index is 0.279. The summed E-state index contributed by atoms with van der Waals surface area (Å²) < 4.78 is 2.90. The van der Waals surface area contributed by atoms with Gasteiger partial charge in [0, 0.05) is 11.1 Å². The second-order valence-corrected chi connectivity index (χ2v) is 5.86. The van der Waals surface area contributed by atoms with E-state index in [-0.39, 0.29) is 6.04 Å². The number of aromatic nitrogens is 3. The SMILES string of the molecule is CCCC(c1cccs1)n1c(=S)[nH]c2cccnc21. The van der Waals surface area contributed by atoms with Gasteiger partial charge in [-0.05, 0) is 42.2 Å². The van der Waals surface area contributed by atoms with Gasteiger partial charge in [-0.25, -0.2) is 4.98 Å². The van der Waals surface area contributed by atoms with Crippen molar-refractivity contribution in [1.82, 2.24) is 14.5 Å². The van der Waals surface area contributed by atoms with Gasteiger partial charge in [-0.15, -0.1) is 11.3 Å². The average Bonchev–Trinajstić information content (AvgIpc) is 3.03. The zero-order valence-corrected chi connectivity index (χ0v) is 12.3. The van der Waals surface area contributed by atoms with E-state index in [1.54, 1.807) is 11.3 Å². The Bertz CT molecular complexity index is 725. The number of imidazole rings is 1. The maximum Gasteiger partial charge on any atom is 0.179 e. The molecular formula is C14H15N3S2. The van der Waals surface area contributed by atoms with E-state index in [9.17, 15) is 0 Å². The maximum atomic E-state index is 5.49. The molecule has 1 atom stereocenters. The van der Waals surface area contributed by atoms with E-state index in [0.29, 0.717) is 0 Å². The lowest BCUT2D eigenvalue weighted by Gasteiger charge is -2.17. The van der Waals surface area contributed by atoms with Crippen molar-refractivity contribution < 1.29 is 0 Å². The lowest BCUT2D eigenvalue weighted by atomic mass is 10.1. The number of H-pyrrole nitrogens is 1. The van der Waals surface area contributed by atoms with Crippen LogP contribution in [0.4, 0.5) is 0 Å². The van der Waals surface area contributed by atoms with Crippen molar-refractivity contribution in [3.63, 3.8) is 0 Å². The van der Waals surface area contributed by atoms with Crippen LogP contribution in [0, 0.1) is 4.77 Å². The van der Waals surface area contributed by atoms with E-state index < -0.39 is 0 Å². The molecule has 98 valence electrons. The smallest absolute Gasteiger partial charge is 0.179 e. The van der Waals surface area contributed by atoms with Crippen LogP contribution in [-0.4, -0.2) is 14.5 Å². The number of nitrogens with one attached hydrogen (secondary N) is 1. The Balaban J connectivity index is 2.20. The summed E-state index contributed by atoms with van der Waals surface area (Å²) >= 11 is 7.27. The maximum absolute atomic E-state index is 5.49. The summed E-state index contributed by atoms with van der Waals surface area (Å²) in [7, 11) is 0. The second-order valence-electron chi connectivity index (χ2n) is 4.49. The summed E-state index contributed by atoms with van der Waals surface area (Å²) in [4.78, 5) is 9.07. The number of pyridine rings is 1. The van der Waals surface area contributed by atoms with E-state index in [0.717, 1.165) is 28.8 Å². The van der Waals surface area contributed by atoms with Crippen molar-refractivity contribution in [2.75, 3.05) is 0 Å². The van der Waals surface area contributed by atoms with Crippen LogP contribution < -0.4 is 0 Å². The number of thiophene rings is 1. The normalized spacial score (nSPS) is 12.9. The van der Waals surface area contributed by atoms with Gasteiger partial charge in [0.15, 0.2) is 10.4 Å². The Morgan fingerprint density at radius 1 is 1.42 bits per heavy atom. The van der Waals surface area contributed by atoms with Crippen LogP contribution in [0.15, 0.2) is 35.8 Å². The van der Waals surface area contributed by atoms with E-state index in [4.69, 9.17) is 12.2 Å². The third-order valence-electron chi connectivity index (χ3n) is 3.22. The predicted octanol–water partition coefficient (Wildman–Crippen LogP) is 4.54. The highest BCUT2D eigenvalue weighted by atomic mass is 32.1. The molecule has 0 aliphatic heterocycles. The van der Waals surface area contributed by atoms with Crippen LogP contribution in [-0.2, 0) is 0 Å². The minimum Gasteiger partial charge on any atom is -0.329 e. The lowest BCUT2D eigenvalue weighted by molar-refractivity contribution is 0.545. The van der Waals surface area contributed by atoms with Gasteiger partial charge in [-0.2, -0.15) is 0 Å². The number of fused-ring (bicyclic) bond motifs is 1. The summed E-state index contributed by atoms with van der Waals surface area (Å²) in [6.07, 6.45) is 4.00. The molecule has 1 N–H and O–H groups in total. The summed E-state index contributed by atoms with van der Waals surface area (Å²) in [5, 5.41) is 2.11. The molecule has 3 nitrogen and oxygen atoms in total. The zero-order valence-electron chi connectivity index (χ0n) is 10.7. The zero-order chi connectivity index (χ0) is 13.2. The molecule has 0 aromatic carbocycles. The molecule has 3 heterocycles. The molecule has 0 aliphatic carbocycles. The first-order chi connectivity index (χ1) is 9.31. The molecular weight excluding hydrogens is 274 g/mol. The quantitative estimate of drug-likeness (QED) is 0.715. The average molecular weight is 289 g/mol. The Labute approximate surface area is 120 Å². The van der Waals surface area contributed by atoms with Crippen LogP contribution in [0.2, 0.25) is 0 Å². The molecule has 0 saturated heterocycles. The van der Waals surface area contributed by atoms with Crippen molar-refractivity contribution in [3.05, 3.63) is 45.5 Å². The van der Waals surface area contributed by atoms with Crippen LogP contribution in [0.25, 0.3) is 11.2 Å². The first-order valence-electron chi connectivity index (χ1n) is 6.40. The minimum atomic E-state index is 0.279. The lowest BCUT2D eigenvalue weighted by Crippen LogP contribution is -2.09. The number of nitrogens with zero attached hydrogens (tertiary/aromatic N) is 2. The fourth-order valence-corrected chi connectivity index (χ4v) is 3.58. The third kappa shape index (κ3) is 2.24. The molecule has 5 heteroatoms. The highest BCUT2D eigenvalue weighted by molar-refractivity contribution is 7.71. The largest absolute Gasteiger partial charge is 0.329 e. The van der Waals surface area contributed by atoms with E-state index in [1.165, 1.54) is 4.88 Å². The molecule has 0 fully saturated rings. The summed E-state index contributed by atoms with van der Waals surface area (Å²) in [5.74, 6) is 0. The molecule has 3 rings (SSSR count). The third-order valence-corrected chi connectivity index (χ3v) is 4.49. The van der Waals surface area contributed by atoms with E-state index >= 15 is 0 Å². The number of hydrogen-bond acceptors (Lipinski definition) is 3. The summed E-state index contributed by atoms with van der Waals surface area (Å²) in [6.45, 7) is 2.20. The van der Waals surface area contributed by atoms with Crippen LogP contribution in [0.1, 0.15) is 30.7 Å². The molecule has 3 aromatic heterocycles. The van der Waals surface area contributed by atoms with Gasteiger partial charge >= 0.3 is 0 Å². The van der Waals surface area contributed by atoms with Gasteiger partial charge in [0.1, 0.15) is 0 Å². The monoisotopic (exact) mass is 289 g/mol. The first-order valence-corrected chi connectivity index (χ1v) is 7.68.